The molecule has 1 fully saturated rings. The predicted molar refractivity (Wildman–Crippen MR) is 115 cm³/mol. The Morgan fingerprint density at radius 2 is 1.72 bits per heavy atom. The summed E-state index contributed by atoms with van der Waals surface area (Å²) in [5.74, 6) is -0.0805. The molecule has 1 saturated heterocycles. The van der Waals surface area contributed by atoms with Crippen LogP contribution in [0.5, 0.6) is 0 Å². The number of nitrogens with one attached hydrogen (secondary N) is 1. The number of sulfonamides is 1. The number of piperazine rings is 1. The summed E-state index contributed by atoms with van der Waals surface area (Å²) in [6.07, 6.45) is 0. The van der Waals surface area contributed by atoms with Gasteiger partial charge in [0.25, 0.3) is 0 Å². The van der Waals surface area contributed by atoms with E-state index in [9.17, 15) is 13.2 Å². The van der Waals surface area contributed by atoms with Crippen molar-refractivity contribution in [3.8, 4) is 0 Å². The van der Waals surface area contributed by atoms with Crippen molar-refractivity contribution < 1.29 is 13.2 Å². The minimum absolute atomic E-state index is 0.00812. The molecule has 9 heteroatoms. The van der Waals surface area contributed by atoms with Crippen LogP contribution in [-0.2, 0) is 21.4 Å². The van der Waals surface area contributed by atoms with Gasteiger partial charge in [-0.05, 0) is 30.7 Å². The van der Waals surface area contributed by atoms with Gasteiger partial charge in [-0.15, -0.1) is 0 Å². The second kappa shape index (κ2) is 9.45. The average Bonchev–Trinajstić information content (AvgIpc) is 2.74. The molecule has 0 saturated carbocycles. The van der Waals surface area contributed by atoms with Gasteiger partial charge in [0.15, 0.2) is 0 Å². The fraction of sp³-hybridized carbons (Fsp3) is 0.350. The van der Waals surface area contributed by atoms with Gasteiger partial charge < -0.3 is 5.32 Å². The molecule has 2 aromatic carbocycles. The van der Waals surface area contributed by atoms with E-state index in [1.54, 1.807) is 6.07 Å². The van der Waals surface area contributed by atoms with E-state index in [0.29, 0.717) is 24.7 Å². The summed E-state index contributed by atoms with van der Waals surface area (Å²) in [4.78, 5) is 14.5. The first-order valence-electron chi connectivity index (χ1n) is 9.30. The fourth-order valence-corrected chi connectivity index (χ4v) is 5.40. The molecule has 1 amide bonds. The molecule has 3 rings (SSSR count). The van der Waals surface area contributed by atoms with Crippen molar-refractivity contribution in [3.05, 3.63) is 64.1 Å². The Morgan fingerprint density at radius 3 is 2.38 bits per heavy atom. The zero-order valence-electron chi connectivity index (χ0n) is 16.0. The minimum atomic E-state index is -3.74. The van der Waals surface area contributed by atoms with Gasteiger partial charge in [0.1, 0.15) is 4.90 Å². The van der Waals surface area contributed by atoms with Crippen LogP contribution >= 0.6 is 23.2 Å². The SMILES string of the molecule is CC(C(=O)NCc1ccccc1)N1CCN(S(=O)(=O)c2cc(Cl)ccc2Cl)CC1. The van der Waals surface area contributed by atoms with E-state index in [0.717, 1.165) is 5.56 Å². The number of benzene rings is 2. The van der Waals surface area contributed by atoms with Gasteiger partial charge >= 0.3 is 0 Å². The predicted octanol–water partition coefficient (Wildman–Crippen LogP) is 3.00. The Labute approximate surface area is 181 Å². The summed E-state index contributed by atoms with van der Waals surface area (Å²) in [7, 11) is -3.74. The number of rotatable bonds is 6. The number of nitrogens with zero attached hydrogens (tertiary/aromatic N) is 2. The first-order valence-corrected chi connectivity index (χ1v) is 11.5. The number of amides is 1. The molecule has 0 aromatic heterocycles. The van der Waals surface area contributed by atoms with Gasteiger partial charge in [-0.2, -0.15) is 4.31 Å². The highest BCUT2D eigenvalue weighted by Crippen LogP contribution is 2.28. The topological polar surface area (TPSA) is 69.7 Å². The standard InChI is InChI=1S/C20H23Cl2N3O3S/c1-15(20(26)23-14-16-5-3-2-4-6-16)24-9-11-25(12-10-24)29(27,28)19-13-17(21)7-8-18(19)22/h2-8,13,15H,9-12,14H2,1H3,(H,23,26). The molecular formula is C20H23Cl2N3O3S. The van der Waals surface area contributed by atoms with Crippen molar-refractivity contribution in [2.75, 3.05) is 26.2 Å². The molecule has 0 aliphatic carbocycles. The second-order valence-electron chi connectivity index (χ2n) is 6.89. The normalized spacial score (nSPS) is 17.1. The third-order valence-corrected chi connectivity index (χ3v) is 7.64. The summed E-state index contributed by atoms with van der Waals surface area (Å²) in [6.45, 7) is 3.77. The summed E-state index contributed by atoms with van der Waals surface area (Å²) in [5.41, 5.74) is 1.03. The molecule has 6 nitrogen and oxygen atoms in total. The van der Waals surface area contributed by atoms with Gasteiger partial charge in [0.05, 0.1) is 11.1 Å². The zero-order chi connectivity index (χ0) is 21.0. The lowest BCUT2D eigenvalue weighted by Crippen LogP contribution is -2.54. The van der Waals surface area contributed by atoms with E-state index in [-0.39, 0.29) is 35.0 Å². The van der Waals surface area contributed by atoms with E-state index >= 15 is 0 Å². The lowest BCUT2D eigenvalue weighted by molar-refractivity contribution is -0.126. The van der Waals surface area contributed by atoms with Gasteiger partial charge in [-0.25, -0.2) is 8.42 Å². The Balaban J connectivity index is 1.58. The van der Waals surface area contributed by atoms with Crippen molar-refractivity contribution in [1.82, 2.24) is 14.5 Å². The third kappa shape index (κ3) is 5.29. The summed E-state index contributed by atoms with van der Waals surface area (Å²) in [6, 6.07) is 13.7. The molecule has 1 aliphatic rings. The van der Waals surface area contributed by atoms with Crippen molar-refractivity contribution in [1.29, 1.82) is 0 Å². The van der Waals surface area contributed by atoms with E-state index in [2.05, 4.69) is 5.32 Å². The van der Waals surface area contributed by atoms with Crippen LogP contribution in [0.4, 0.5) is 0 Å². The molecule has 29 heavy (non-hydrogen) atoms. The summed E-state index contributed by atoms with van der Waals surface area (Å²) >= 11 is 12.0. The Morgan fingerprint density at radius 1 is 1.07 bits per heavy atom. The molecule has 1 atom stereocenters. The van der Waals surface area contributed by atoms with Crippen molar-refractivity contribution in [2.45, 2.75) is 24.4 Å². The van der Waals surface area contributed by atoms with Crippen LogP contribution in [-0.4, -0.2) is 55.8 Å². The first kappa shape index (κ1) is 22.1. The van der Waals surface area contributed by atoms with Gasteiger partial charge in [0.2, 0.25) is 15.9 Å². The Kier molecular flexibility index (Phi) is 7.19. The van der Waals surface area contributed by atoms with E-state index in [1.165, 1.54) is 16.4 Å². The molecule has 1 aliphatic heterocycles. The number of halogens is 2. The molecule has 156 valence electrons. The smallest absolute Gasteiger partial charge is 0.244 e. The first-order chi connectivity index (χ1) is 13.8. The molecule has 1 heterocycles. The highest BCUT2D eigenvalue weighted by molar-refractivity contribution is 7.89. The largest absolute Gasteiger partial charge is 0.351 e. The van der Waals surface area contributed by atoms with Crippen molar-refractivity contribution >= 4 is 39.1 Å². The highest BCUT2D eigenvalue weighted by Gasteiger charge is 2.32. The van der Waals surface area contributed by atoms with Gasteiger partial charge in [0, 0.05) is 37.7 Å². The molecule has 2 aromatic rings. The molecular weight excluding hydrogens is 433 g/mol. The monoisotopic (exact) mass is 455 g/mol. The third-order valence-electron chi connectivity index (χ3n) is 5.02. The zero-order valence-corrected chi connectivity index (χ0v) is 18.3. The van der Waals surface area contributed by atoms with Crippen molar-refractivity contribution in [3.63, 3.8) is 0 Å². The van der Waals surface area contributed by atoms with E-state index in [4.69, 9.17) is 23.2 Å². The van der Waals surface area contributed by atoms with Crippen LogP contribution in [0.3, 0.4) is 0 Å². The molecule has 0 bridgehead atoms. The fourth-order valence-electron chi connectivity index (χ4n) is 3.24. The number of carbonyl (C=O) groups excluding carboxylic acids is 1. The Bertz CT molecular complexity index is 962. The molecule has 1 unspecified atom stereocenters. The van der Waals surface area contributed by atoms with Gasteiger partial charge in [-0.3, -0.25) is 9.69 Å². The second-order valence-corrected chi connectivity index (χ2v) is 9.64. The quantitative estimate of drug-likeness (QED) is 0.726. The van der Waals surface area contributed by atoms with E-state index < -0.39 is 10.0 Å². The van der Waals surface area contributed by atoms with E-state index in [1.807, 2.05) is 42.2 Å². The lowest BCUT2D eigenvalue weighted by Gasteiger charge is -2.36. The van der Waals surface area contributed by atoms with Crippen LogP contribution in [0.2, 0.25) is 10.0 Å². The average molecular weight is 456 g/mol. The van der Waals surface area contributed by atoms with Crippen LogP contribution in [0.1, 0.15) is 12.5 Å². The maximum absolute atomic E-state index is 12.9. The number of carbonyl (C=O) groups is 1. The van der Waals surface area contributed by atoms with Crippen LogP contribution in [0.15, 0.2) is 53.4 Å². The Hall–Kier alpha value is -1.64. The lowest BCUT2D eigenvalue weighted by atomic mass is 10.2. The maximum Gasteiger partial charge on any atom is 0.244 e. The number of hydrogen-bond acceptors (Lipinski definition) is 4. The molecule has 1 N–H and O–H groups in total. The van der Waals surface area contributed by atoms with Crippen LogP contribution in [0.25, 0.3) is 0 Å². The summed E-state index contributed by atoms with van der Waals surface area (Å²) in [5, 5.41) is 3.39. The van der Waals surface area contributed by atoms with Crippen LogP contribution < -0.4 is 5.32 Å². The molecule has 0 spiro atoms. The number of hydrogen-bond donors (Lipinski definition) is 1. The molecule has 0 radical (unpaired) electrons. The van der Waals surface area contributed by atoms with Crippen molar-refractivity contribution in [2.24, 2.45) is 0 Å². The highest BCUT2D eigenvalue weighted by atomic mass is 35.5. The maximum atomic E-state index is 12.9. The minimum Gasteiger partial charge on any atom is -0.351 e. The summed E-state index contributed by atoms with van der Waals surface area (Å²) < 4.78 is 27.2. The van der Waals surface area contributed by atoms with Crippen LogP contribution in [0, 0.1) is 0 Å². The van der Waals surface area contributed by atoms with Gasteiger partial charge in [-0.1, -0.05) is 53.5 Å².